The molecular formula is C17H28N4O3. The molecule has 1 amide bonds. The van der Waals surface area contributed by atoms with Crippen molar-refractivity contribution in [2.45, 2.75) is 39.3 Å². The van der Waals surface area contributed by atoms with Crippen LogP contribution < -0.4 is 5.73 Å². The summed E-state index contributed by atoms with van der Waals surface area (Å²) in [4.78, 5) is 16.9. The summed E-state index contributed by atoms with van der Waals surface area (Å²) in [6, 6.07) is -0.386. The molecule has 0 saturated carbocycles. The van der Waals surface area contributed by atoms with Crippen LogP contribution >= 0.6 is 0 Å². The molecule has 3 heterocycles. The number of nitrogens with two attached hydrogens (primary N) is 1. The fourth-order valence-electron chi connectivity index (χ4n) is 3.56. The summed E-state index contributed by atoms with van der Waals surface area (Å²) in [5.41, 5.74) is 8.34. The molecule has 134 valence electrons. The SMILES string of the molecule is Cc1noc(C)c1CN1CCN(C(=O)C(N)C2CCOCC2)CC1. The van der Waals surface area contributed by atoms with Crippen LogP contribution in [0.4, 0.5) is 0 Å². The van der Waals surface area contributed by atoms with E-state index in [-0.39, 0.29) is 17.9 Å². The van der Waals surface area contributed by atoms with Crippen molar-refractivity contribution in [1.82, 2.24) is 15.0 Å². The highest BCUT2D eigenvalue weighted by molar-refractivity contribution is 5.82. The molecule has 7 nitrogen and oxygen atoms in total. The van der Waals surface area contributed by atoms with Crippen molar-refractivity contribution in [2.75, 3.05) is 39.4 Å². The van der Waals surface area contributed by atoms with Crippen LogP contribution in [0.5, 0.6) is 0 Å². The van der Waals surface area contributed by atoms with Gasteiger partial charge >= 0.3 is 0 Å². The van der Waals surface area contributed by atoms with E-state index in [0.717, 1.165) is 75.8 Å². The molecule has 0 aliphatic carbocycles. The molecule has 1 aromatic rings. The van der Waals surface area contributed by atoms with Gasteiger partial charge in [0.05, 0.1) is 11.7 Å². The first-order chi connectivity index (χ1) is 11.6. The second-order valence-electron chi connectivity index (χ2n) is 6.88. The van der Waals surface area contributed by atoms with Crippen LogP contribution in [-0.2, 0) is 16.1 Å². The standard InChI is InChI=1S/C17H28N4O3/c1-12-15(13(2)24-19-12)11-20-5-7-21(8-6-20)17(22)16(18)14-3-9-23-10-4-14/h14,16H,3-11,18H2,1-2H3. The first-order valence-electron chi connectivity index (χ1n) is 8.82. The van der Waals surface area contributed by atoms with Crippen molar-refractivity contribution >= 4 is 5.91 Å². The lowest BCUT2D eigenvalue weighted by Gasteiger charge is -2.37. The van der Waals surface area contributed by atoms with E-state index in [1.807, 2.05) is 18.7 Å². The minimum absolute atomic E-state index is 0.0962. The van der Waals surface area contributed by atoms with Gasteiger partial charge in [-0.25, -0.2) is 0 Å². The van der Waals surface area contributed by atoms with Crippen molar-refractivity contribution in [3.63, 3.8) is 0 Å². The van der Waals surface area contributed by atoms with Crippen molar-refractivity contribution in [2.24, 2.45) is 11.7 Å². The highest BCUT2D eigenvalue weighted by Gasteiger charge is 2.31. The Bertz CT molecular complexity index is 541. The predicted molar refractivity (Wildman–Crippen MR) is 89.4 cm³/mol. The molecule has 2 saturated heterocycles. The van der Waals surface area contributed by atoms with E-state index in [2.05, 4.69) is 10.1 Å². The highest BCUT2D eigenvalue weighted by atomic mass is 16.5. The first kappa shape index (κ1) is 17.4. The average Bonchev–Trinajstić information content (AvgIpc) is 2.94. The predicted octanol–water partition coefficient (Wildman–Crippen LogP) is 0.690. The number of aromatic nitrogens is 1. The van der Waals surface area contributed by atoms with E-state index in [1.54, 1.807) is 0 Å². The van der Waals surface area contributed by atoms with Gasteiger partial charge < -0.3 is 19.9 Å². The van der Waals surface area contributed by atoms with Crippen LogP contribution in [0.25, 0.3) is 0 Å². The molecule has 7 heteroatoms. The summed E-state index contributed by atoms with van der Waals surface area (Å²) in [6.45, 7) is 9.37. The van der Waals surface area contributed by atoms with E-state index >= 15 is 0 Å². The molecular weight excluding hydrogens is 308 g/mol. The third kappa shape index (κ3) is 3.79. The number of hydrogen-bond donors (Lipinski definition) is 1. The summed E-state index contributed by atoms with van der Waals surface area (Å²) < 4.78 is 10.6. The summed E-state index contributed by atoms with van der Waals surface area (Å²) >= 11 is 0. The third-order valence-electron chi connectivity index (χ3n) is 5.31. The molecule has 2 fully saturated rings. The van der Waals surface area contributed by atoms with E-state index in [1.165, 1.54) is 0 Å². The maximum absolute atomic E-state index is 12.6. The van der Waals surface area contributed by atoms with E-state index in [9.17, 15) is 4.79 Å². The van der Waals surface area contributed by atoms with Crippen LogP contribution in [0.15, 0.2) is 4.52 Å². The quantitative estimate of drug-likeness (QED) is 0.871. The van der Waals surface area contributed by atoms with Gasteiger partial charge in [-0.2, -0.15) is 0 Å². The number of nitrogens with zero attached hydrogens (tertiary/aromatic N) is 3. The Labute approximate surface area is 143 Å². The lowest BCUT2D eigenvalue weighted by molar-refractivity contribution is -0.136. The lowest BCUT2D eigenvalue weighted by atomic mass is 9.91. The van der Waals surface area contributed by atoms with Crippen LogP contribution in [0, 0.1) is 19.8 Å². The largest absolute Gasteiger partial charge is 0.381 e. The van der Waals surface area contributed by atoms with Crippen LogP contribution in [0.3, 0.4) is 0 Å². The Morgan fingerprint density at radius 2 is 1.92 bits per heavy atom. The number of carbonyl (C=O) groups excluding carboxylic acids is 1. The molecule has 1 unspecified atom stereocenters. The molecule has 0 spiro atoms. The van der Waals surface area contributed by atoms with Gasteiger partial charge in [0.15, 0.2) is 0 Å². The summed E-state index contributed by atoms with van der Waals surface area (Å²) in [6.07, 6.45) is 1.78. The van der Waals surface area contributed by atoms with Crippen LogP contribution in [0.2, 0.25) is 0 Å². The molecule has 0 bridgehead atoms. The number of amides is 1. The fourth-order valence-corrected chi connectivity index (χ4v) is 3.56. The molecule has 2 aliphatic rings. The van der Waals surface area contributed by atoms with Gasteiger partial charge in [0.25, 0.3) is 0 Å². The van der Waals surface area contributed by atoms with E-state index < -0.39 is 0 Å². The molecule has 2 aliphatic heterocycles. The molecule has 0 aromatic carbocycles. The van der Waals surface area contributed by atoms with Crippen LogP contribution in [0.1, 0.15) is 29.9 Å². The number of aryl methyl sites for hydroxylation is 2. The molecule has 2 N–H and O–H groups in total. The van der Waals surface area contributed by atoms with Crippen molar-refractivity contribution in [1.29, 1.82) is 0 Å². The number of piperazine rings is 1. The molecule has 3 rings (SSSR count). The Kier molecular flexibility index (Phi) is 5.53. The van der Waals surface area contributed by atoms with Gasteiger partial charge in [0, 0.05) is 51.5 Å². The lowest BCUT2D eigenvalue weighted by Crippen LogP contribution is -2.55. The van der Waals surface area contributed by atoms with E-state index in [4.69, 9.17) is 15.0 Å². The highest BCUT2D eigenvalue weighted by Crippen LogP contribution is 2.20. The van der Waals surface area contributed by atoms with Crippen molar-refractivity contribution in [3.8, 4) is 0 Å². The summed E-state index contributed by atoms with van der Waals surface area (Å²) in [5.74, 6) is 1.23. The van der Waals surface area contributed by atoms with Gasteiger partial charge in [0.1, 0.15) is 5.76 Å². The Balaban J connectivity index is 1.50. The molecule has 1 aromatic heterocycles. The first-order valence-corrected chi connectivity index (χ1v) is 8.82. The Morgan fingerprint density at radius 1 is 1.25 bits per heavy atom. The Hall–Kier alpha value is -1.44. The minimum atomic E-state index is -0.386. The monoisotopic (exact) mass is 336 g/mol. The molecule has 0 radical (unpaired) electrons. The maximum Gasteiger partial charge on any atom is 0.239 e. The second kappa shape index (κ2) is 7.63. The fraction of sp³-hybridized carbons (Fsp3) is 0.765. The van der Waals surface area contributed by atoms with Crippen LogP contribution in [-0.4, -0.2) is 66.3 Å². The zero-order valence-corrected chi connectivity index (χ0v) is 14.7. The minimum Gasteiger partial charge on any atom is -0.381 e. The smallest absolute Gasteiger partial charge is 0.239 e. The van der Waals surface area contributed by atoms with Gasteiger partial charge in [-0.15, -0.1) is 0 Å². The zero-order valence-electron chi connectivity index (χ0n) is 14.7. The average molecular weight is 336 g/mol. The van der Waals surface area contributed by atoms with Gasteiger partial charge in [-0.05, 0) is 32.6 Å². The second-order valence-corrected chi connectivity index (χ2v) is 6.88. The summed E-state index contributed by atoms with van der Waals surface area (Å²) in [7, 11) is 0. The number of rotatable bonds is 4. The zero-order chi connectivity index (χ0) is 17.1. The van der Waals surface area contributed by atoms with Gasteiger partial charge in [0.2, 0.25) is 5.91 Å². The number of ether oxygens (including phenoxy) is 1. The topological polar surface area (TPSA) is 84.8 Å². The van der Waals surface area contributed by atoms with Crippen molar-refractivity contribution < 1.29 is 14.1 Å². The molecule has 24 heavy (non-hydrogen) atoms. The third-order valence-corrected chi connectivity index (χ3v) is 5.31. The molecule has 1 atom stereocenters. The van der Waals surface area contributed by atoms with Crippen molar-refractivity contribution in [3.05, 3.63) is 17.0 Å². The Morgan fingerprint density at radius 3 is 2.50 bits per heavy atom. The number of hydrogen-bond acceptors (Lipinski definition) is 6. The van der Waals surface area contributed by atoms with Gasteiger partial charge in [-0.1, -0.05) is 5.16 Å². The maximum atomic E-state index is 12.6. The number of carbonyl (C=O) groups is 1. The summed E-state index contributed by atoms with van der Waals surface area (Å²) in [5, 5.41) is 4.01. The van der Waals surface area contributed by atoms with Gasteiger partial charge in [-0.3, -0.25) is 9.69 Å². The van der Waals surface area contributed by atoms with E-state index in [0.29, 0.717) is 0 Å². The normalized spacial score (nSPS) is 21.9.